The monoisotopic (exact) mass is 370 g/mol. The molecule has 0 aliphatic rings. The molecule has 1 heterocycles. The Morgan fingerprint density at radius 1 is 0.929 bits per heavy atom. The number of amides is 1. The molecule has 0 unspecified atom stereocenters. The predicted molar refractivity (Wildman–Crippen MR) is 110 cm³/mol. The van der Waals surface area contributed by atoms with Crippen molar-refractivity contribution in [2.24, 2.45) is 0 Å². The van der Waals surface area contributed by atoms with E-state index in [1.165, 1.54) is 4.90 Å². The molecule has 0 aliphatic carbocycles. The summed E-state index contributed by atoms with van der Waals surface area (Å²) in [5, 5.41) is 10.3. The van der Waals surface area contributed by atoms with E-state index in [-0.39, 0.29) is 16.7 Å². The number of fused-ring (bicyclic) bond motifs is 1. The second-order valence-corrected chi connectivity index (χ2v) is 6.48. The van der Waals surface area contributed by atoms with Crippen LogP contribution in [0.4, 0.5) is 5.69 Å². The van der Waals surface area contributed by atoms with Gasteiger partial charge in [0.05, 0.1) is 5.52 Å². The van der Waals surface area contributed by atoms with E-state index in [1.54, 1.807) is 48.1 Å². The van der Waals surface area contributed by atoms with Crippen molar-refractivity contribution in [1.29, 1.82) is 0 Å². The second kappa shape index (κ2) is 7.04. The molecule has 138 valence electrons. The van der Waals surface area contributed by atoms with Gasteiger partial charge in [0.15, 0.2) is 0 Å². The van der Waals surface area contributed by atoms with Crippen molar-refractivity contribution in [2.45, 2.75) is 0 Å². The van der Waals surface area contributed by atoms with Crippen LogP contribution in [-0.2, 0) is 0 Å². The van der Waals surface area contributed by atoms with Crippen LogP contribution in [-0.4, -0.2) is 22.6 Å². The van der Waals surface area contributed by atoms with Crippen LogP contribution in [0.5, 0.6) is 5.75 Å². The van der Waals surface area contributed by atoms with E-state index in [1.807, 2.05) is 48.5 Å². The number of phenols is 1. The molecule has 1 N–H and O–H groups in total. The summed E-state index contributed by atoms with van der Waals surface area (Å²) in [6.07, 6.45) is 1.54. The molecule has 5 nitrogen and oxygen atoms in total. The lowest BCUT2D eigenvalue weighted by atomic mass is 10.1. The zero-order chi connectivity index (χ0) is 19.7. The lowest BCUT2D eigenvalue weighted by Crippen LogP contribution is -2.31. The smallest absolute Gasteiger partial charge is 0.263 e. The minimum absolute atomic E-state index is 0.0633. The number of hydrogen-bond acceptors (Lipinski definition) is 3. The minimum atomic E-state index is -0.393. The maximum Gasteiger partial charge on any atom is 0.263 e. The number of para-hydroxylation sites is 2. The Hall–Kier alpha value is -3.86. The van der Waals surface area contributed by atoms with Gasteiger partial charge in [0.25, 0.3) is 5.91 Å². The Kier molecular flexibility index (Phi) is 4.41. The molecule has 0 fully saturated rings. The van der Waals surface area contributed by atoms with Crippen molar-refractivity contribution in [1.82, 2.24) is 4.57 Å². The van der Waals surface area contributed by atoms with Crippen LogP contribution in [0.25, 0.3) is 16.6 Å². The number of anilines is 1. The van der Waals surface area contributed by atoms with Crippen LogP contribution in [0.3, 0.4) is 0 Å². The normalized spacial score (nSPS) is 10.8. The molecule has 0 radical (unpaired) electrons. The summed E-state index contributed by atoms with van der Waals surface area (Å²) in [5.74, 6) is -0.287. The summed E-state index contributed by atoms with van der Waals surface area (Å²) < 4.78 is 1.75. The fourth-order valence-electron chi connectivity index (χ4n) is 3.24. The molecule has 0 aliphatic heterocycles. The highest BCUT2D eigenvalue weighted by Crippen LogP contribution is 2.22. The summed E-state index contributed by atoms with van der Waals surface area (Å²) in [6.45, 7) is 0. The SMILES string of the molecule is CN(C(=O)c1cn(-c2cccc(O)c2)c2ccccc2c1=O)c1ccccc1. The number of aromatic nitrogens is 1. The molecule has 0 bridgehead atoms. The first-order chi connectivity index (χ1) is 13.6. The van der Waals surface area contributed by atoms with E-state index in [4.69, 9.17) is 0 Å². The zero-order valence-corrected chi connectivity index (χ0v) is 15.2. The standard InChI is InChI=1S/C23H18N2O3/c1-24(16-8-3-2-4-9-16)23(28)20-15-25(17-10-7-11-18(26)14-17)21-13-6-5-12-19(21)22(20)27/h2-15,26H,1H3. The van der Waals surface area contributed by atoms with Gasteiger partial charge < -0.3 is 14.6 Å². The molecule has 4 rings (SSSR count). The Bertz CT molecular complexity index is 1230. The van der Waals surface area contributed by atoms with Crippen molar-refractivity contribution in [3.05, 3.63) is 101 Å². The van der Waals surface area contributed by atoms with Crippen LogP contribution in [0.15, 0.2) is 89.9 Å². The van der Waals surface area contributed by atoms with E-state index in [0.717, 1.165) is 0 Å². The molecular weight excluding hydrogens is 352 g/mol. The Morgan fingerprint density at radius 3 is 2.39 bits per heavy atom. The largest absolute Gasteiger partial charge is 0.508 e. The molecule has 1 aromatic heterocycles. The first-order valence-electron chi connectivity index (χ1n) is 8.83. The summed E-state index contributed by atoms with van der Waals surface area (Å²) in [4.78, 5) is 27.6. The van der Waals surface area contributed by atoms with Crippen LogP contribution in [0.1, 0.15) is 10.4 Å². The third kappa shape index (κ3) is 3.03. The van der Waals surface area contributed by atoms with Crippen LogP contribution < -0.4 is 10.3 Å². The van der Waals surface area contributed by atoms with Crippen molar-refractivity contribution in [3.63, 3.8) is 0 Å². The van der Waals surface area contributed by atoms with Crippen molar-refractivity contribution < 1.29 is 9.90 Å². The molecule has 28 heavy (non-hydrogen) atoms. The summed E-state index contributed by atoms with van der Waals surface area (Å²) in [5.41, 5.74) is 1.77. The molecule has 3 aromatic carbocycles. The van der Waals surface area contributed by atoms with Crippen molar-refractivity contribution >= 4 is 22.5 Å². The second-order valence-electron chi connectivity index (χ2n) is 6.48. The number of phenolic OH excluding ortho intramolecular Hbond substituents is 1. The van der Waals surface area contributed by atoms with E-state index in [2.05, 4.69) is 0 Å². The van der Waals surface area contributed by atoms with Crippen molar-refractivity contribution in [3.8, 4) is 11.4 Å². The predicted octanol–water partition coefficient (Wildman–Crippen LogP) is 3.97. The van der Waals surface area contributed by atoms with Gasteiger partial charge in [-0.15, -0.1) is 0 Å². The summed E-state index contributed by atoms with van der Waals surface area (Å²) >= 11 is 0. The average Bonchev–Trinajstić information content (AvgIpc) is 2.74. The molecular formula is C23H18N2O3. The number of benzene rings is 3. The van der Waals surface area contributed by atoms with Crippen molar-refractivity contribution in [2.75, 3.05) is 11.9 Å². The summed E-state index contributed by atoms with van der Waals surface area (Å²) in [7, 11) is 1.64. The number of carbonyl (C=O) groups excluding carboxylic acids is 1. The summed E-state index contributed by atoms with van der Waals surface area (Å²) in [6, 6.07) is 23.0. The van der Waals surface area contributed by atoms with Gasteiger partial charge in [-0.05, 0) is 36.4 Å². The highest BCUT2D eigenvalue weighted by Gasteiger charge is 2.20. The van der Waals surface area contributed by atoms with Gasteiger partial charge >= 0.3 is 0 Å². The number of nitrogens with zero attached hydrogens (tertiary/aromatic N) is 2. The van der Waals surface area contributed by atoms with Gasteiger partial charge in [0.1, 0.15) is 11.3 Å². The first-order valence-corrected chi connectivity index (χ1v) is 8.83. The average molecular weight is 370 g/mol. The molecule has 0 saturated carbocycles. The molecule has 0 saturated heterocycles. The molecule has 0 spiro atoms. The number of aromatic hydroxyl groups is 1. The molecule has 4 aromatic rings. The van der Waals surface area contributed by atoms with Gasteiger partial charge in [-0.1, -0.05) is 36.4 Å². The maximum atomic E-state index is 13.1. The fraction of sp³-hybridized carbons (Fsp3) is 0.0435. The zero-order valence-electron chi connectivity index (χ0n) is 15.2. The number of hydrogen-bond donors (Lipinski definition) is 1. The van der Waals surface area contributed by atoms with E-state index in [9.17, 15) is 14.7 Å². The lowest BCUT2D eigenvalue weighted by Gasteiger charge is -2.19. The van der Waals surface area contributed by atoms with Crippen LogP contribution >= 0.6 is 0 Å². The number of rotatable bonds is 3. The van der Waals surface area contributed by atoms with E-state index >= 15 is 0 Å². The fourth-order valence-corrected chi connectivity index (χ4v) is 3.24. The van der Waals surface area contributed by atoms with Gasteiger partial charge in [-0.2, -0.15) is 0 Å². The Labute approximate surface area is 161 Å². The molecule has 1 amide bonds. The van der Waals surface area contributed by atoms with Gasteiger partial charge in [-0.3, -0.25) is 9.59 Å². The van der Waals surface area contributed by atoms with E-state index in [0.29, 0.717) is 22.3 Å². The molecule has 0 atom stereocenters. The van der Waals surface area contributed by atoms with Gasteiger partial charge in [0, 0.05) is 36.1 Å². The molecule has 5 heteroatoms. The van der Waals surface area contributed by atoms with Gasteiger partial charge in [0.2, 0.25) is 5.43 Å². The Balaban J connectivity index is 1.94. The van der Waals surface area contributed by atoms with Crippen LogP contribution in [0, 0.1) is 0 Å². The van der Waals surface area contributed by atoms with Crippen LogP contribution in [0.2, 0.25) is 0 Å². The lowest BCUT2D eigenvalue weighted by molar-refractivity contribution is 0.0991. The van der Waals surface area contributed by atoms with E-state index < -0.39 is 5.91 Å². The Morgan fingerprint density at radius 2 is 1.64 bits per heavy atom. The third-order valence-corrected chi connectivity index (χ3v) is 4.70. The highest BCUT2D eigenvalue weighted by atomic mass is 16.3. The third-order valence-electron chi connectivity index (χ3n) is 4.70. The number of carbonyl (C=O) groups is 1. The number of pyridine rings is 1. The van der Waals surface area contributed by atoms with Gasteiger partial charge in [-0.25, -0.2) is 0 Å². The minimum Gasteiger partial charge on any atom is -0.508 e. The maximum absolute atomic E-state index is 13.1. The quantitative estimate of drug-likeness (QED) is 0.593. The topological polar surface area (TPSA) is 62.5 Å². The first kappa shape index (κ1) is 17.5. The highest BCUT2D eigenvalue weighted by molar-refractivity contribution is 6.07.